The fourth-order valence-corrected chi connectivity index (χ4v) is 3.16. The summed E-state index contributed by atoms with van der Waals surface area (Å²) in [6.07, 6.45) is -0.674. The molecule has 1 N–H and O–H groups in total. The van der Waals surface area contributed by atoms with Gasteiger partial charge in [0, 0.05) is 24.0 Å². The van der Waals surface area contributed by atoms with Crippen molar-refractivity contribution < 1.29 is 10.0 Å². The van der Waals surface area contributed by atoms with Gasteiger partial charge in [-0.25, -0.2) is 0 Å². The maximum absolute atomic E-state index is 11.2. The van der Waals surface area contributed by atoms with Crippen molar-refractivity contribution in [1.29, 1.82) is 0 Å². The number of anilines is 1. The first-order valence-corrected chi connectivity index (χ1v) is 7.75. The van der Waals surface area contributed by atoms with Gasteiger partial charge in [-0.15, -0.1) is 11.3 Å². The normalized spacial score (nSPS) is 13.0. The molecule has 0 saturated carbocycles. The molecule has 114 valence electrons. The second-order valence-corrected chi connectivity index (χ2v) is 7.03. The zero-order valence-corrected chi connectivity index (χ0v) is 13.6. The van der Waals surface area contributed by atoms with E-state index in [4.69, 9.17) is 0 Å². The molecule has 0 aliphatic rings. The lowest BCUT2D eigenvalue weighted by Gasteiger charge is -2.26. The lowest BCUT2D eigenvalue weighted by molar-refractivity contribution is -0.383. The first-order chi connectivity index (χ1) is 9.22. The van der Waals surface area contributed by atoms with Crippen LogP contribution in [0.1, 0.15) is 45.6 Å². The number of hydrogen-bond acceptors (Lipinski definition) is 5. The van der Waals surface area contributed by atoms with Crippen molar-refractivity contribution in [3.8, 4) is 0 Å². The number of rotatable bonds is 7. The van der Waals surface area contributed by atoms with Crippen LogP contribution >= 0.6 is 11.3 Å². The van der Waals surface area contributed by atoms with Crippen LogP contribution in [0.4, 0.5) is 10.7 Å². The standard InChI is InChI=1S/C14H24N2O3S/c1-9(2)7-15(8-10(3)4)14-12(16(18)19)6-13(20-14)11(5)17/h6,9-11,17H,7-8H2,1-5H3. The molecule has 0 amide bonds. The van der Waals surface area contributed by atoms with Crippen LogP contribution in [-0.4, -0.2) is 23.1 Å². The van der Waals surface area contributed by atoms with Crippen molar-refractivity contribution in [2.24, 2.45) is 11.8 Å². The minimum atomic E-state index is -0.674. The van der Waals surface area contributed by atoms with E-state index in [0.717, 1.165) is 13.1 Å². The molecule has 6 heteroatoms. The van der Waals surface area contributed by atoms with Crippen LogP contribution in [0.5, 0.6) is 0 Å². The van der Waals surface area contributed by atoms with E-state index in [1.807, 2.05) is 0 Å². The summed E-state index contributed by atoms with van der Waals surface area (Å²) >= 11 is 1.32. The Hall–Kier alpha value is -1.14. The molecule has 0 saturated heterocycles. The Kier molecular flexibility index (Phi) is 5.95. The van der Waals surface area contributed by atoms with Crippen molar-refractivity contribution in [1.82, 2.24) is 0 Å². The molecule has 1 heterocycles. The summed E-state index contributed by atoms with van der Waals surface area (Å²) in [6, 6.07) is 1.50. The number of nitro groups is 1. The third-order valence-corrected chi connectivity index (χ3v) is 4.13. The molecule has 1 aromatic heterocycles. The third kappa shape index (κ3) is 4.45. The number of aliphatic hydroxyl groups is 1. The second-order valence-electron chi connectivity index (χ2n) is 5.96. The highest BCUT2D eigenvalue weighted by molar-refractivity contribution is 7.16. The Bertz CT molecular complexity index is 445. The number of aliphatic hydroxyl groups excluding tert-OH is 1. The van der Waals surface area contributed by atoms with Gasteiger partial charge in [-0.2, -0.15) is 0 Å². The van der Waals surface area contributed by atoms with Gasteiger partial charge >= 0.3 is 5.69 Å². The van der Waals surface area contributed by atoms with Crippen LogP contribution in [0.25, 0.3) is 0 Å². The minimum absolute atomic E-state index is 0.104. The van der Waals surface area contributed by atoms with Gasteiger partial charge in [0.25, 0.3) is 0 Å². The SMILES string of the molecule is CC(C)CN(CC(C)C)c1sc(C(C)O)cc1[N+](=O)[O-]. The lowest BCUT2D eigenvalue weighted by Crippen LogP contribution is -2.31. The Morgan fingerprint density at radius 1 is 1.25 bits per heavy atom. The molecular weight excluding hydrogens is 276 g/mol. The van der Waals surface area contributed by atoms with E-state index in [0.29, 0.717) is 21.7 Å². The molecule has 0 bridgehead atoms. The molecular formula is C14H24N2O3S. The highest BCUT2D eigenvalue weighted by Gasteiger charge is 2.26. The maximum atomic E-state index is 11.2. The van der Waals surface area contributed by atoms with E-state index in [-0.39, 0.29) is 10.6 Å². The van der Waals surface area contributed by atoms with Gasteiger partial charge in [0.1, 0.15) is 0 Å². The molecule has 0 spiro atoms. The molecule has 0 aliphatic carbocycles. The molecule has 0 fully saturated rings. The minimum Gasteiger partial charge on any atom is -0.388 e. The monoisotopic (exact) mass is 300 g/mol. The van der Waals surface area contributed by atoms with Crippen LogP contribution in [0.2, 0.25) is 0 Å². The lowest BCUT2D eigenvalue weighted by atomic mass is 10.1. The molecule has 0 radical (unpaired) electrons. The van der Waals surface area contributed by atoms with Gasteiger partial charge in [-0.1, -0.05) is 27.7 Å². The Labute approximate surface area is 124 Å². The quantitative estimate of drug-likeness (QED) is 0.614. The summed E-state index contributed by atoms with van der Waals surface area (Å²) in [7, 11) is 0. The molecule has 20 heavy (non-hydrogen) atoms. The van der Waals surface area contributed by atoms with Gasteiger partial charge in [-0.3, -0.25) is 10.1 Å². The average Bonchev–Trinajstić information content (AvgIpc) is 2.71. The zero-order valence-electron chi connectivity index (χ0n) is 12.8. The molecule has 5 nitrogen and oxygen atoms in total. The van der Waals surface area contributed by atoms with E-state index >= 15 is 0 Å². The molecule has 0 aromatic carbocycles. The highest BCUT2D eigenvalue weighted by atomic mass is 32.1. The Balaban J connectivity index is 3.19. The van der Waals surface area contributed by atoms with Gasteiger partial charge in [0.15, 0.2) is 5.00 Å². The Morgan fingerprint density at radius 3 is 2.10 bits per heavy atom. The first kappa shape index (κ1) is 16.9. The van der Waals surface area contributed by atoms with Gasteiger partial charge in [0.05, 0.1) is 11.0 Å². The van der Waals surface area contributed by atoms with Gasteiger partial charge in [0.2, 0.25) is 0 Å². The van der Waals surface area contributed by atoms with Crippen molar-refractivity contribution in [2.45, 2.75) is 40.7 Å². The van der Waals surface area contributed by atoms with E-state index in [2.05, 4.69) is 32.6 Å². The van der Waals surface area contributed by atoms with E-state index in [1.54, 1.807) is 6.92 Å². The van der Waals surface area contributed by atoms with Crippen LogP contribution < -0.4 is 4.90 Å². The van der Waals surface area contributed by atoms with E-state index in [9.17, 15) is 15.2 Å². The summed E-state index contributed by atoms with van der Waals surface area (Å²) in [4.78, 5) is 13.6. The van der Waals surface area contributed by atoms with Crippen LogP contribution in [0.15, 0.2) is 6.07 Å². The summed E-state index contributed by atoms with van der Waals surface area (Å²) < 4.78 is 0. The predicted octanol–water partition coefficient (Wildman–Crippen LogP) is 3.83. The number of thiophene rings is 1. The van der Waals surface area contributed by atoms with Crippen molar-refractivity contribution >= 4 is 22.0 Å². The maximum Gasteiger partial charge on any atom is 0.304 e. The molecule has 1 aromatic rings. The van der Waals surface area contributed by atoms with Crippen LogP contribution in [-0.2, 0) is 0 Å². The van der Waals surface area contributed by atoms with Crippen LogP contribution in [0.3, 0.4) is 0 Å². The largest absolute Gasteiger partial charge is 0.388 e. The highest BCUT2D eigenvalue weighted by Crippen LogP contribution is 2.40. The van der Waals surface area contributed by atoms with Crippen molar-refractivity contribution in [3.63, 3.8) is 0 Å². The second kappa shape index (κ2) is 7.04. The number of nitrogens with zero attached hydrogens (tertiary/aromatic N) is 2. The molecule has 1 rings (SSSR count). The summed E-state index contributed by atoms with van der Waals surface area (Å²) in [5.74, 6) is 0.843. The van der Waals surface area contributed by atoms with Crippen LogP contribution in [0, 0.1) is 22.0 Å². The fraction of sp³-hybridized carbons (Fsp3) is 0.714. The van der Waals surface area contributed by atoms with Gasteiger partial charge < -0.3 is 10.0 Å². The van der Waals surface area contributed by atoms with Crippen molar-refractivity contribution in [2.75, 3.05) is 18.0 Å². The average molecular weight is 300 g/mol. The summed E-state index contributed by atoms with van der Waals surface area (Å²) in [5, 5.41) is 21.6. The topological polar surface area (TPSA) is 66.6 Å². The number of hydrogen-bond donors (Lipinski definition) is 1. The van der Waals surface area contributed by atoms with E-state index in [1.165, 1.54) is 17.4 Å². The Morgan fingerprint density at radius 2 is 1.75 bits per heavy atom. The zero-order chi connectivity index (χ0) is 15.4. The summed E-state index contributed by atoms with van der Waals surface area (Å²) in [5.41, 5.74) is 0.104. The predicted molar refractivity (Wildman–Crippen MR) is 83.5 cm³/mol. The third-order valence-electron chi connectivity index (χ3n) is 2.78. The summed E-state index contributed by atoms with van der Waals surface area (Å²) in [6.45, 7) is 11.6. The molecule has 1 unspecified atom stereocenters. The first-order valence-electron chi connectivity index (χ1n) is 6.93. The fourth-order valence-electron chi connectivity index (χ4n) is 2.07. The van der Waals surface area contributed by atoms with Crippen molar-refractivity contribution in [3.05, 3.63) is 21.1 Å². The smallest absolute Gasteiger partial charge is 0.304 e. The molecule has 1 atom stereocenters. The van der Waals surface area contributed by atoms with E-state index < -0.39 is 6.10 Å². The molecule has 0 aliphatic heterocycles. The van der Waals surface area contributed by atoms with Gasteiger partial charge in [-0.05, 0) is 18.8 Å².